The summed E-state index contributed by atoms with van der Waals surface area (Å²) in [5, 5.41) is 3.77. The van der Waals surface area contributed by atoms with Gasteiger partial charge in [0.2, 0.25) is 0 Å². The van der Waals surface area contributed by atoms with Crippen LogP contribution in [-0.2, 0) is 0 Å². The van der Waals surface area contributed by atoms with Gasteiger partial charge in [0.25, 0.3) is 0 Å². The smallest absolute Gasteiger partial charge is 0.131 e. The van der Waals surface area contributed by atoms with Crippen molar-refractivity contribution >= 4 is 45.6 Å². The molecule has 0 aliphatic heterocycles. The molecule has 2 aromatic rings. The van der Waals surface area contributed by atoms with Crippen molar-refractivity contribution in [1.82, 2.24) is 4.98 Å². The molecule has 1 aromatic heterocycles. The highest BCUT2D eigenvalue weighted by Crippen LogP contribution is 2.22. The monoisotopic (exact) mass is 330 g/mol. The summed E-state index contributed by atoms with van der Waals surface area (Å²) in [6.07, 6.45) is 1.68. The molecule has 2 nitrogen and oxygen atoms in total. The summed E-state index contributed by atoms with van der Waals surface area (Å²) in [5.41, 5.74) is 2.01. The summed E-state index contributed by atoms with van der Waals surface area (Å²) in [7, 11) is 0. The number of benzene rings is 1. The van der Waals surface area contributed by atoms with Gasteiger partial charge in [-0.25, -0.2) is 4.98 Å². The Morgan fingerprint density at radius 3 is 2.73 bits per heavy atom. The van der Waals surface area contributed by atoms with E-state index in [-0.39, 0.29) is 0 Å². The minimum Gasteiger partial charge on any atom is -0.355 e. The molecule has 0 amide bonds. The Bertz CT molecular complexity index is 474. The second-order valence-electron chi connectivity index (χ2n) is 2.97. The summed E-state index contributed by atoms with van der Waals surface area (Å²) in [4.78, 5) is 3.93. The van der Waals surface area contributed by atoms with E-state index < -0.39 is 0 Å². The molecule has 0 aliphatic rings. The van der Waals surface area contributed by atoms with Gasteiger partial charge in [0.1, 0.15) is 5.15 Å². The molecule has 4 heteroatoms. The van der Waals surface area contributed by atoms with Crippen molar-refractivity contribution in [3.8, 4) is 0 Å². The maximum absolute atomic E-state index is 5.80. The minimum absolute atomic E-state index is 0.492. The van der Waals surface area contributed by atoms with Gasteiger partial charge in [-0.05, 0) is 46.9 Å². The molecule has 0 radical (unpaired) electrons. The lowest BCUT2D eigenvalue weighted by Crippen LogP contribution is -1.92. The van der Waals surface area contributed by atoms with Gasteiger partial charge in [0.15, 0.2) is 0 Å². The zero-order valence-electron chi connectivity index (χ0n) is 7.74. The van der Waals surface area contributed by atoms with E-state index in [4.69, 9.17) is 11.6 Å². The first-order valence-electron chi connectivity index (χ1n) is 4.39. The second kappa shape index (κ2) is 4.81. The molecular formula is C11H8ClIN2. The molecule has 1 N–H and O–H groups in total. The number of halogens is 2. The van der Waals surface area contributed by atoms with Crippen molar-refractivity contribution in [2.45, 2.75) is 0 Å². The Kier molecular flexibility index (Phi) is 3.43. The van der Waals surface area contributed by atoms with Crippen LogP contribution in [0.15, 0.2) is 42.6 Å². The van der Waals surface area contributed by atoms with Crippen LogP contribution in [0.1, 0.15) is 0 Å². The summed E-state index contributed by atoms with van der Waals surface area (Å²) in [6.45, 7) is 0. The quantitative estimate of drug-likeness (QED) is 0.663. The van der Waals surface area contributed by atoms with Gasteiger partial charge in [-0.15, -0.1) is 0 Å². The predicted octanol–water partition coefficient (Wildman–Crippen LogP) is 4.08. The number of nitrogens with one attached hydrogen (secondary N) is 1. The van der Waals surface area contributed by atoms with E-state index in [1.165, 1.54) is 3.57 Å². The fourth-order valence-electron chi connectivity index (χ4n) is 1.20. The van der Waals surface area contributed by atoms with Crippen molar-refractivity contribution < 1.29 is 0 Å². The molecule has 0 aliphatic carbocycles. The minimum atomic E-state index is 0.492. The molecule has 0 atom stereocenters. The lowest BCUT2D eigenvalue weighted by molar-refractivity contribution is 1.32. The highest BCUT2D eigenvalue weighted by Gasteiger charge is 1.99. The zero-order chi connectivity index (χ0) is 10.7. The topological polar surface area (TPSA) is 24.9 Å². The molecule has 0 unspecified atom stereocenters. The summed E-state index contributed by atoms with van der Waals surface area (Å²) in [6, 6.07) is 11.8. The molecule has 0 fully saturated rings. The first-order valence-corrected chi connectivity index (χ1v) is 5.84. The molecular weight excluding hydrogens is 322 g/mol. The van der Waals surface area contributed by atoms with Crippen molar-refractivity contribution in [2.75, 3.05) is 5.32 Å². The van der Waals surface area contributed by atoms with Crippen LogP contribution in [0.4, 0.5) is 11.4 Å². The van der Waals surface area contributed by atoms with Crippen molar-refractivity contribution in [3.05, 3.63) is 51.3 Å². The van der Waals surface area contributed by atoms with E-state index in [1.54, 1.807) is 12.3 Å². The molecule has 76 valence electrons. The van der Waals surface area contributed by atoms with Crippen LogP contribution in [0.3, 0.4) is 0 Å². The molecule has 0 spiro atoms. The van der Waals surface area contributed by atoms with Crippen LogP contribution in [0, 0.1) is 3.57 Å². The maximum Gasteiger partial charge on any atom is 0.131 e. The van der Waals surface area contributed by atoms with Gasteiger partial charge in [0.05, 0.1) is 5.69 Å². The number of aromatic nitrogens is 1. The molecule has 15 heavy (non-hydrogen) atoms. The molecule has 0 saturated carbocycles. The largest absolute Gasteiger partial charge is 0.355 e. The van der Waals surface area contributed by atoms with Crippen molar-refractivity contribution in [2.24, 2.45) is 0 Å². The normalized spacial score (nSPS) is 10.0. The average Bonchev–Trinajstić information content (AvgIpc) is 2.22. The summed E-state index contributed by atoms with van der Waals surface area (Å²) < 4.78 is 1.17. The number of para-hydroxylation sites is 1. The molecule has 0 bridgehead atoms. The lowest BCUT2D eigenvalue weighted by atomic mass is 10.3. The molecule has 1 aromatic carbocycles. The van der Waals surface area contributed by atoms with Gasteiger partial charge < -0.3 is 5.32 Å². The number of rotatable bonds is 2. The van der Waals surface area contributed by atoms with Gasteiger partial charge in [-0.2, -0.15) is 0 Å². The Hall–Kier alpha value is -0.810. The van der Waals surface area contributed by atoms with Gasteiger partial charge in [0, 0.05) is 15.5 Å². The van der Waals surface area contributed by atoms with Crippen LogP contribution in [0.5, 0.6) is 0 Å². The average molecular weight is 331 g/mol. The Labute approximate surface area is 107 Å². The Balaban J connectivity index is 2.26. The van der Waals surface area contributed by atoms with E-state index in [1.807, 2.05) is 30.3 Å². The summed E-state index contributed by atoms with van der Waals surface area (Å²) >= 11 is 8.08. The first kappa shape index (κ1) is 10.7. The van der Waals surface area contributed by atoms with E-state index in [0.29, 0.717) is 5.15 Å². The van der Waals surface area contributed by atoms with Crippen LogP contribution >= 0.6 is 34.2 Å². The van der Waals surface area contributed by atoms with Crippen LogP contribution in [0.2, 0.25) is 5.15 Å². The number of nitrogens with zero attached hydrogens (tertiary/aromatic N) is 1. The SMILES string of the molecule is Clc1cc(Nc2ccccc2I)ccn1. The summed E-state index contributed by atoms with van der Waals surface area (Å²) in [5.74, 6) is 0. The Morgan fingerprint density at radius 2 is 2.00 bits per heavy atom. The highest BCUT2D eigenvalue weighted by molar-refractivity contribution is 14.1. The third-order valence-electron chi connectivity index (χ3n) is 1.88. The van der Waals surface area contributed by atoms with Crippen LogP contribution in [-0.4, -0.2) is 4.98 Å². The van der Waals surface area contributed by atoms with E-state index in [2.05, 4.69) is 32.9 Å². The number of hydrogen-bond acceptors (Lipinski definition) is 2. The fourth-order valence-corrected chi connectivity index (χ4v) is 1.89. The third-order valence-corrected chi connectivity index (χ3v) is 3.03. The Morgan fingerprint density at radius 1 is 1.20 bits per heavy atom. The predicted molar refractivity (Wildman–Crippen MR) is 71.7 cm³/mol. The molecule has 2 rings (SSSR count). The van der Waals surface area contributed by atoms with Crippen LogP contribution < -0.4 is 5.32 Å². The van der Waals surface area contributed by atoms with Crippen molar-refractivity contribution in [3.63, 3.8) is 0 Å². The van der Waals surface area contributed by atoms with E-state index >= 15 is 0 Å². The third kappa shape index (κ3) is 2.82. The standard InChI is InChI=1S/C11H8ClIN2/c12-11-7-8(5-6-14-11)15-10-4-2-1-3-9(10)13/h1-7H,(H,14,15). The lowest BCUT2D eigenvalue weighted by Gasteiger charge is -2.07. The fraction of sp³-hybridized carbons (Fsp3) is 0. The van der Waals surface area contributed by atoms with E-state index in [9.17, 15) is 0 Å². The van der Waals surface area contributed by atoms with Gasteiger partial charge in [-0.3, -0.25) is 0 Å². The molecule has 0 saturated heterocycles. The number of anilines is 2. The number of pyridine rings is 1. The second-order valence-corrected chi connectivity index (χ2v) is 4.52. The van der Waals surface area contributed by atoms with Crippen LogP contribution in [0.25, 0.3) is 0 Å². The maximum atomic E-state index is 5.80. The zero-order valence-corrected chi connectivity index (χ0v) is 10.7. The van der Waals surface area contributed by atoms with Gasteiger partial charge >= 0.3 is 0 Å². The van der Waals surface area contributed by atoms with Gasteiger partial charge in [-0.1, -0.05) is 23.7 Å². The van der Waals surface area contributed by atoms with E-state index in [0.717, 1.165) is 11.4 Å². The highest BCUT2D eigenvalue weighted by atomic mass is 127. The molecule has 1 heterocycles. The first-order chi connectivity index (χ1) is 7.25. The number of hydrogen-bond donors (Lipinski definition) is 1. The van der Waals surface area contributed by atoms with Crippen molar-refractivity contribution in [1.29, 1.82) is 0 Å².